The number of pyridine rings is 1. The molecular weight excluding hydrogens is 218 g/mol. The first-order chi connectivity index (χ1) is 8.25. The average molecular weight is 227 g/mol. The van der Waals surface area contributed by atoms with Crippen LogP contribution < -0.4 is 0 Å². The zero-order valence-corrected chi connectivity index (χ0v) is 8.85. The Morgan fingerprint density at radius 1 is 1.24 bits per heavy atom. The van der Waals surface area contributed by atoms with Crippen molar-refractivity contribution in [1.82, 2.24) is 4.98 Å². The molecule has 1 aromatic carbocycles. The third-order valence-corrected chi connectivity index (χ3v) is 2.08. The van der Waals surface area contributed by atoms with Crippen molar-refractivity contribution in [2.75, 3.05) is 0 Å². The standard InChI is InChI=1S/C12H9N3O2/c16-15(17)11-5-3-4-10(8-11)9-14-12-6-1-2-7-13-12/h1-9H. The molecule has 2 aromatic rings. The van der Waals surface area contributed by atoms with Crippen molar-refractivity contribution in [2.45, 2.75) is 0 Å². The third-order valence-electron chi connectivity index (χ3n) is 2.08. The Morgan fingerprint density at radius 2 is 2.12 bits per heavy atom. The maximum Gasteiger partial charge on any atom is 0.270 e. The van der Waals surface area contributed by atoms with Crippen LogP contribution in [0.25, 0.3) is 0 Å². The summed E-state index contributed by atoms with van der Waals surface area (Å²) in [6.07, 6.45) is 3.19. The molecule has 0 aliphatic heterocycles. The molecule has 1 heterocycles. The average Bonchev–Trinajstić information content (AvgIpc) is 2.38. The number of nitro benzene ring substituents is 1. The Kier molecular flexibility index (Phi) is 3.20. The smallest absolute Gasteiger partial charge is 0.258 e. The van der Waals surface area contributed by atoms with Crippen LogP contribution in [-0.4, -0.2) is 16.1 Å². The van der Waals surface area contributed by atoms with Crippen molar-refractivity contribution in [3.63, 3.8) is 0 Å². The fourth-order valence-corrected chi connectivity index (χ4v) is 1.29. The van der Waals surface area contributed by atoms with Crippen molar-refractivity contribution < 1.29 is 4.92 Å². The zero-order valence-electron chi connectivity index (χ0n) is 8.85. The lowest BCUT2D eigenvalue weighted by molar-refractivity contribution is -0.384. The van der Waals surface area contributed by atoms with Gasteiger partial charge in [0.25, 0.3) is 5.69 Å². The predicted molar refractivity (Wildman–Crippen MR) is 64.6 cm³/mol. The molecule has 0 N–H and O–H groups in total. The molecule has 84 valence electrons. The van der Waals surface area contributed by atoms with E-state index in [1.807, 2.05) is 6.07 Å². The normalized spacial score (nSPS) is 10.6. The van der Waals surface area contributed by atoms with Gasteiger partial charge >= 0.3 is 0 Å². The molecule has 0 unspecified atom stereocenters. The van der Waals surface area contributed by atoms with Gasteiger partial charge in [0.2, 0.25) is 0 Å². The van der Waals surface area contributed by atoms with E-state index in [2.05, 4.69) is 9.98 Å². The number of nitrogens with zero attached hydrogens (tertiary/aromatic N) is 3. The van der Waals surface area contributed by atoms with Crippen LogP contribution in [0.3, 0.4) is 0 Å². The van der Waals surface area contributed by atoms with E-state index in [0.29, 0.717) is 11.4 Å². The molecular formula is C12H9N3O2. The lowest BCUT2D eigenvalue weighted by Gasteiger charge is -1.94. The minimum Gasteiger partial charge on any atom is -0.258 e. The zero-order chi connectivity index (χ0) is 12.1. The highest BCUT2D eigenvalue weighted by Crippen LogP contribution is 2.12. The Morgan fingerprint density at radius 3 is 2.82 bits per heavy atom. The van der Waals surface area contributed by atoms with E-state index in [1.54, 1.807) is 36.7 Å². The summed E-state index contributed by atoms with van der Waals surface area (Å²) in [4.78, 5) is 18.3. The molecule has 17 heavy (non-hydrogen) atoms. The second-order valence-electron chi connectivity index (χ2n) is 3.30. The number of nitro groups is 1. The van der Waals surface area contributed by atoms with Crippen LogP contribution >= 0.6 is 0 Å². The second-order valence-corrected chi connectivity index (χ2v) is 3.30. The Labute approximate surface area is 97.6 Å². The van der Waals surface area contributed by atoms with Gasteiger partial charge in [0.1, 0.15) is 0 Å². The fourth-order valence-electron chi connectivity index (χ4n) is 1.29. The van der Waals surface area contributed by atoms with Gasteiger partial charge in [-0.15, -0.1) is 0 Å². The fraction of sp³-hybridized carbons (Fsp3) is 0. The highest BCUT2D eigenvalue weighted by atomic mass is 16.6. The summed E-state index contributed by atoms with van der Waals surface area (Å²) in [7, 11) is 0. The molecule has 5 heteroatoms. The summed E-state index contributed by atoms with van der Waals surface area (Å²) in [5, 5.41) is 10.6. The highest BCUT2D eigenvalue weighted by molar-refractivity contribution is 5.82. The molecule has 2 rings (SSSR count). The summed E-state index contributed by atoms with van der Waals surface area (Å²) >= 11 is 0. The van der Waals surface area contributed by atoms with E-state index >= 15 is 0 Å². The van der Waals surface area contributed by atoms with E-state index in [9.17, 15) is 10.1 Å². The molecule has 0 amide bonds. The monoisotopic (exact) mass is 227 g/mol. The van der Waals surface area contributed by atoms with Crippen LogP contribution in [0.5, 0.6) is 0 Å². The molecule has 0 saturated heterocycles. The summed E-state index contributed by atoms with van der Waals surface area (Å²) in [6.45, 7) is 0. The van der Waals surface area contributed by atoms with E-state index < -0.39 is 4.92 Å². The van der Waals surface area contributed by atoms with Crippen molar-refractivity contribution >= 4 is 17.7 Å². The van der Waals surface area contributed by atoms with Crippen molar-refractivity contribution in [3.8, 4) is 0 Å². The lowest BCUT2D eigenvalue weighted by Crippen LogP contribution is -1.89. The first-order valence-electron chi connectivity index (χ1n) is 4.95. The molecule has 5 nitrogen and oxygen atoms in total. The van der Waals surface area contributed by atoms with E-state index in [4.69, 9.17) is 0 Å². The molecule has 0 bridgehead atoms. The molecule has 0 saturated carbocycles. The predicted octanol–water partition coefficient (Wildman–Crippen LogP) is 2.74. The maximum atomic E-state index is 10.6. The second kappa shape index (κ2) is 4.98. The minimum absolute atomic E-state index is 0.0509. The van der Waals surface area contributed by atoms with Gasteiger partial charge in [0, 0.05) is 24.5 Å². The van der Waals surface area contributed by atoms with Gasteiger partial charge in [-0.05, 0) is 17.7 Å². The van der Waals surface area contributed by atoms with E-state index in [1.165, 1.54) is 12.1 Å². The number of hydrogen-bond acceptors (Lipinski definition) is 4. The molecule has 1 aromatic heterocycles. The molecule has 0 atom stereocenters. The van der Waals surface area contributed by atoms with Gasteiger partial charge in [-0.25, -0.2) is 9.98 Å². The minimum atomic E-state index is -0.432. The van der Waals surface area contributed by atoms with Crippen LogP contribution in [0.1, 0.15) is 5.56 Å². The van der Waals surface area contributed by atoms with Crippen LogP contribution in [0.2, 0.25) is 0 Å². The quantitative estimate of drug-likeness (QED) is 0.460. The molecule has 0 spiro atoms. The SMILES string of the molecule is O=[N+]([O-])c1cccc(C=Nc2ccccn2)c1. The van der Waals surface area contributed by atoms with Gasteiger partial charge in [-0.3, -0.25) is 10.1 Å². The molecule has 0 fully saturated rings. The Bertz CT molecular complexity index is 553. The van der Waals surface area contributed by atoms with Crippen molar-refractivity contribution in [3.05, 3.63) is 64.3 Å². The molecule has 0 aliphatic rings. The van der Waals surface area contributed by atoms with Crippen LogP contribution in [0, 0.1) is 10.1 Å². The first kappa shape index (κ1) is 10.9. The van der Waals surface area contributed by atoms with E-state index in [0.717, 1.165) is 0 Å². The third kappa shape index (κ3) is 2.94. The van der Waals surface area contributed by atoms with Gasteiger partial charge < -0.3 is 0 Å². The number of non-ortho nitro benzene ring substituents is 1. The van der Waals surface area contributed by atoms with Crippen LogP contribution in [-0.2, 0) is 0 Å². The Balaban J connectivity index is 2.22. The molecule has 0 radical (unpaired) electrons. The van der Waals surface area contributed by atoms with Crippen molar-refractivity contribution in [2.24, 2.45) is 4.99 Å². The number of aromatic nitrogens is 1. The van der Waals surface area contributed by atoms with Gasteiger partial charge in [0.15, 0.2) is 5.82 Å². The number of benzene rings is 1. The first-order valence-corrected chi connectivity index (χ1v) is 4.95. The summed E-state index contributed by atoms with van der Waals surface area (Å²) < 4.78 is 0. The topological polar surface area (TPSA) is 68.4 Å². The van der Waals surface area contributed by atoms with Crippen LogP contribution in [0.15, 0.2) is 53.7 Å². The maximum absolute atomic E-state index is 10.6. The lowest BCUT2D eigenvalue weighted by atomic mass is 10.2. The largest absolute Gasteiger partial charge is 0.270 e. The van der Waals surface area contributed by atoms with Crippen molar-refractivity contribution in [1.29, 1.82) is 0 Å². The number of rotatable bonds is 3. The highest BCUT2D eigenvalue weighted by Gasteiger charge is 2.03. The van der Waals surface area contributed by atoms with Gasteiger partial charge in [0.05, 0.1) is 4.92 Å². The molecule has 0 aliphatic carbocycles. The summed E-state index contributed by atoms with van der Waals surface area (Å²) in [5.74, 6) is 0.569. The van der Waals surface area contributed by atoms with Gasteiger partial charge in [-0.1, -0.05) is 18.2 Å². The van der Waals surface area contributed by atoms with Crippen LogP contribution in [0.4, 0.5) is 11.5 Å². The summed E-state index contributed by atoms with van der Waals surface area (Å²) in [5.41, 5.74) is 0.722. The van der Waals surface area contributed by atoms with E-state index in [-0.39, 0.29) is 5.69 Å². The summed E-state index contributed by atoms with van der Waals surface area (Å²) in [6, 6.07) is 11.7. The number of hydrogen-bond donors (Lipinski definition) is 0. The van der Waals surface area contributed by atoms with Gasteiger partial charge in [-0.2, -0.15) is 0 Å². The number of aliphatic imine (C=N–C) groups is 1. The Hall–Kier alpha value is -2.56.